The summed E-state index contributed by atoms with van der Waals surface area (Å²) in [6.07, 6.45) is 1.07. The van der Waals surface area contributed by atoms with Crippen molar-refractivity contribution in [1.82, 2.24) is 9.97 Å². The molecule has 4 nitrogen and oxygen atoms in total. The monoisotopic (exact) mass is 284 g/mol. The van der Waals surface area contributed by atoms with E-state index in [1.807, 2.05) is 13.0 Å². The molecule has 0 radical (unpaired) electrons. The lowest BCUT2D eigenvalue weighted by Gasteiger charge is -2.13. The Labute approximate surface area is 127 Å². The lowest BCUT2D eigenvalue weighted by molar-refractivity contribution is 0.704. The second kappa shape index (κ2) is 7.62. The first-order chi connectivity index (χ1) is 10.2. The number of aromatic nitrogens is 2. The maximum atomic E-state index is 4.42. The summed E-state index contributed by atoms with van der Waals surface area (Å²) < 4.78 is 0. The Morgan fingerprint density at radius 1 is 1.05 bits per heavy atom. The van der Waals surface area contributed by atoms with Crippen molar-refractivity contribution in [3.8, 4) is 0 Å². The first kappa shape index (κ1) is 15.3. The number of hydrogen-bond donors (Lipinski definition) is 2. The van der Waals surface area contributed by atoms with Gasteiger partial charge in [0.2, 0.25) is 0 Å². The van der Waals surface area contributed by atoms with E-state index in [1.165, 1.54) is 5.56 Å². The topological polar surface area (TPSA) is 49.8 Å². The van der Waals surface area contributed by atoms with Crippen LogP contribution in [0.25, 0.3) is 0 Å². The number of anilines is 2. The summed E-state index contributed by atoms with van der Waals surface area (Å²) in [4.78, 5) is 8.78. The molecule has 21 heavy (non-hydrogen) atoms. The average molecular weight is 284 g/mol. The number of aryl methyl sites for hydroxylation is 1. The predicted octanol–water partition coefficient (Wildman–Crippen LogP) is 3.82. The summed E-state index contributed by atoms with van der Waals surface area (Å²) in [6, 6.07) is 12.6. The van der Waals surface area contributed by atoms with Crippen molar-refractivity contribution in [2.45, 2.75) is 33.1 Å². The summed E-state index contributed by atoms with van der Waals surface area (Å²) in [7, 11) is 0. The van der Waals surface area contributed by atoms with E-state index in [4.69, 9.17) is 0 Å². The quantitative estimate of drug-likeness (QED) is 0.811. The molecule has 0 aliphatic rings. The van der Waals surface area contributed by atoms with Crippen molar-refractivity contribution >= 4 is 11.6 Å². The smallest absolute Gasteiger partial charge is 0.131 e. The minimum Gasteiger partial charge on any atom is -0.370 e. The molecule has 0 aliphatic heterocycles. The second-order valence-corrected chi connectivity index (χ2v) is 5.24. The highest BCUT2D eigenvalue weighted by molar-refractivity contribution is 5.47. The van der Waals surface area contributed by atoms with Crippen LogP contribution >= 0.6 is 0 Å². The number of benzene rings is 1. The van der Waals surface area contributed by atoms with Gasteiger partial charge >= 0.3 is 0 Å². The third-order valence-electron chi connectivity index (χ3n) is 3.45. The van der Waals surface area contributed by atoms with Crippen molar-refractivity contribution in [1.29, 1.82) is 0 Å². The minimum atomic E-state index is 0.537. The summed E-state index contributed by atoms with van der Waals surface area (Å²) in [5, 5.41) is 6.62. The normalized spacial score (nSPS) is 12.0. The predicted molar refractivity (Wildman–Crippen MR) is 88.9 cm³/mol. The van der Waals surface area contributed by atoms with Crippen LogP contribution in [0.4, 0.5) is 11.6 Å². The van der Waals surface area contributed by atoms with Crippen LogP contribution in [0.3, 0.4) is 0 Å². The molecule has 1 atom stereocenters. The van der Waals surface area contributed by atoms with Crippen molar-refractivity contribution < 1.29 is 0 Å². The van der Waals surface area contributed by atoms with Crippen LogP contribution in [0, 0.1) is 6.92 Å². The molecule has 0 saturated carbocycles. The minimum absolute atomic E-state index is 0.537. The van der Waals surface area contributed by atoms with Crippen molar-refractivity contribution in [2.75, 3.05) is 23.7 Å². The van der Waals surface area contributed by atoms with E-state index < -0.39 is 0 Å². The van der Waals surface area contributed by atoms with E-state index >= 15 is 0 Å². The molecule has 2 aromatic rings. The number of nitrogens with one attached hydrogen (secondary N) is 2. The van der Waals surface area contributed by atoms with Gasteiger partial charge in [0.25, 0.3) is 0 Å². The Balaban J connectivity index is 1.88. The van der Waals surface area contributed by atoms with E-state index in [2.05, 4.69) is 64.8 Å². The van der Waals surface area contributed by atoms with E-state index in [-0.39, 0.29) is 0 Å². The summed E-state index contributed by atoms with van der Waals surface area (Å²) >= 11 is 0. The van der Waals surface area contributed by atoms with Crippen molar-refractivity contribution in [2.24, 2.45) is 0 Å². The maximum absolute atomic E-state index is 4.42. The second-order valence-electron chi connectivity index (χ2n) is 5.24. The van der Waals surface area contributed by atoms with Gasteiger partial charge in [-0.3, -0.25) is 0 Å². The van der Waals surface area contributed by atoms with Gasteiger partial charge in [0.15, 0.2) is 0 Å². The summed E-state index contributed by atoms with van der Waals surface area (Å²) in [5.41, 5.74) is 1.38. The van der Waals surface area contributed by atoms with E-state index in [1.54, 1.807) is 0 Å². The fourth-order valence-electron chi connectivity index (χ4n) is 2.29. The Kier molecular flexibility index (Phi) is 5.55. The standard InChI is InChI=1S/C17H24N4/c1-4-18-16-12-17(21-14(3)20-16)19-11-10-13(2)15-8-6-5-7-9-15/h5-9,12-13H,4,10-11H2,1-3H3,(H2,18,19,20,21). The molecule has 1 aromatic heterocycles. The highest BCUT2D eigenvalue weighted by atomic mass is 15.1. The fraction of sp³-hybridized carbons (Fsp3) is 0.412. The summed E-state index contributed by atoms with van der Waals surface area (Å²) in [5.74, 6) is 3.09. The molecule has 112 valence electrons. The van der Waals surface area contributed by atoms with Gasteiger partial charge in [0.1, 0.15) is 17.5 Å². The molecule has 1 aromatic carbocycles. The van der Waals surface area contributed by atoms with Crippen LogP contribution in [0.1, 0.15) is 37.6 Å². The number of hydrogen-bond acceptors (Lipinski definition) is 4. The molecule has 0 saturated heterocycles. The molecule has 0 aliphatic carbocycles. The Morgan fingerprint density at radius 3 is 2.38 bits per heavy atom. The van der Waals surface area contributed by atoms with E-state index in [0.717, 1.165) is 37.0 Å². The third-order valence-corrected chi connectivity index (χ3v) is 3.45. The van der Waals surface area contributed by atoms with E-state index in [0.29, 0.717) is 5.92 Å². The molecule has 4 heteroatoms. The van der Waals surface area contributed by atoms with Gasteiger partial charge in [-0.05, 0) is 31.7 Å². The highest BCUT2D eigenvalue weighted by Gasteiger charge is 2.05. The molecule has 2 rings (SSSR count). The van der Waals surface area contributed by atoms with Crippen molar-refractivity contribution in [3.05, 3.63) is 47.8 Å². The van der Waals surface area contributed by atoms with Gasteiger partial charge in [-0.15, -0.1) is 0 Å². The maximum Gasteiger partial charge on any atom is 0.131 e. The molecule has 2 N–H and O–H groups in total. The molecule has 1 heterocycles. The highest BCUT2D eigenvalue weighted by Crippen LogP contribution is 2.18. The van der Waals surface area contributed by atoms with Crippen LogP contribution in [0.5, 0.6) is 0 Å². The van der Waals surface area contributed by atoms with Crippen molar-refractivity contribution in [3.63, 3.8) is 0 Å². The molecule has 0 spiro atoms. The third kappa shape index (κ3) is 4.74. The lowest BCUT2D eigenvalue weighted by atomic mass is 9.98. The van der Waals surface area contributed by atoms with Gasteiger partial charge in [-0.25, -0.2) is 9.97 Å². The number of rotatable bonds is 7. The molecule has 1 unspecified atom stereocenters. The zero-order valence-corrected chi connectivity index (χ0v) is 13.1. The zero-order valence-electron chi connectivity index (χ0n) is 13.1. The summed E-state index contributed by atoms with van der Waals surface area (Å²) in [6.45, 7) is 8.00. The van der Waals surface area contributed by atoms with Gasteiger partial charge in [-0.2, -0.15) is 0 Å². The average Bonchev–Trinajstić information content (AvgIpc) is 2.48. The SMILES string of the molecule is CCNc1cc(NCCC(C)c2ccccc2)nc(C)n1. The van der Waals surface area contributed by atoms with Gasteiger partial charge in [-0.1, -0.05) is 37.3 Å². The van der Waals surface area contributed by atoms with Crippen LogP contribution in [0.15, 0.2) is 36.4 Å². The first-order valence-corrected chi connectivity index (χ1v) is 7.57. The molecule has 0 fully saturated rings. The number of nitrogens with zero attached hydrogens (tertiary/aromatic N) is 2. The Morgan fingerprint density at radius 2 is 1.71 bits per heavy atom. The van der Waals surface area contributed by atoms with Gasteiger partial charge < -0.3 is 10.6 Å². The van der Waals surface area contributed by atoms with Gasteiger partial charge in [0, 0.05) is 19.2 Å². The molecular weight excluding hydrogens is 260 g/mol. The Hall–Kier alpha value is -2.10. The molecule has 0 amide bonds. The Bertz CT molecular complexity index is 554. The fourth-order valence-corrected chi connectivity index (χ4v) is 2.29. The molecule has 0 bridgehead atoms. The van der Waals surface area contributed by atoms with Gasteiger partial charge in [0.05, 0.1) is 0 Å². The van der Waals surface area contributed by atoms with Crippen LogP contribution in [-0.4, -0.2) is 23.1 Å². The van der Waals surface area contributed by atoms with E-state index in [9.17, 15) is 0 Å². The largest absolute Gasteiger partial charge is 0.370 e. The lowest BCUT2D eigenvalue weighted by Crippen LogP contribution is -2.09. The van der Waals surface area contributed by atoms with Crippen LogP contribution < -0.4 is 10.6 Å². The first-order valence-electron chi connectivity index (χ1n) is 7.57. The van der Waals surface area contributed by atoms with Crippen LogP contribution in [-0.2, 0) is 0 Å². The molecular formula is C17H24N4. The zero-order chi connectivity index (χ0) is 15.1. The van der Waals surface area contributed by atoms with Crippen LogP contribution in [0.2, 0.25) is 0 Å².